The smallest absolute Gasteiger partial charge is 0.410 e. The molecule has 1 aliphatic rings. The summed E-state index contributed by atoms with van der Waals surface area (Å²) in [6.07, 6.45) is 1.50. The standard InChI is InChI=1S/C21H32FN3O3/c1-21(2,3)28-20(27)25-14-12-24(13-15-25)11-5-10-23-19(26)9-8-17-6-4-7-18(22)16-17/h4,6-7,16H,5,8-15H2,1-3H3,(H,23,26). The minimum absolute atomic E-state index is 0.0148. The Kier molecular flexibility index (Phi) is 8.23. The molecule has 0 spiro atoms. The summed E-state index contributed by atoms with van der Waals surface area (Å²) in [5.74, 6) is -0.288. The Balaban J connectivity index is 1.55. The maximum absolute atomic E-state index is 13.1. The van der Waals surface area contributed by atoms with Gasteiger partial charge >= 0.3 is 6.09 Å². The number of amides is 2. The van der Waals surface area contributed by atoms with Crippen LogP contribution in [0.3, 0.4) is 0 Å². The first-order valence-corrected chi connectivity index (χ1v) is 9.94. The lowest BCUT2D eigenvalue weighted by atomic mass is 10.1. The number of hydrogen-bond acceptors (Lipinski definition) is 4. The number of aryl methyl sites for hydroxylation is 1. The predicted molar refractivity (Wildman–Crippen MR) is 107 cm³/mol. The van der Waals surface area contributed by atoms with Gasteiger partial charge in [-0.3, -0.25) is 9.69 Å². The number of nitrogens with one attached hydrogen (secondary N) is 1. The van der Waals surface area contributed by atoms with Gasteiger partial charge in [0, 0.05) is 39.1 Å². The molecule has 0 bridgehead atoms. The van der Waals surface area contributed by atoms with E-state index in [0.29, 0.717) is 32.5 Å². The molecular weight excluding hydrogens is 361 g/mol. The molecule has 2 rings (SSSR count). The maximum atomic E-state index is 13.1. The molecule has 0 atom stereocenters. The summed E-state index contributed by atoms with van der Waals surface area (Å²) in [4.78, 5) is 28.0. The molecule has 0 aliphatic carbocycles. The number of benzene rings is 1. The van der Waals surface area contributed by atoms with Crippen LogP contribution in [0.1, 0.15) is 39.2 Å². The average Bonchev–Trinajstić information content (AvgIpc) is 2.63. The van der Waals surface area contributed by atoms with Crippen molar-refractivity contribution in [2.24, 2.45) is 0 Å². The van der Waals surface area contributed by atoms with Gasteiger partial charge in [0.2, 0.25) is 5.91 Å². The van der Waals surface area contributed by atoms with Gasteiger partial charge in [0.1, 0.15) is 11.4 Å². The fourth-order valence-electron chi connectivity index (χ4n) is 3.05. The Bertz CT molecular complexity index is 653. The monoisotopic (exact) mass is 393 g/mol. The molecule has 1 aromatic rings. The summed E-state index contributed by atoms with van der Waals surface area (Å²) < 4.78 is 18.5. The summed E-state index contributed by atoms with van der Waals surface area (Å²) in [5, 5.41) is 2.92. The van der Waals surface area contributed by atoms with Gasteiger partial charge in [-0.1, -0.05) is 12.1 Å². The van der Waals surface area contributed by atoms with E-state index in [9.17, 15) is 14.0 Å². The summed E-state index contributed by atoms with van der Waals surface area (Å²) in [5.41, 5.74) is 0.360. The third kappa shape index (κ3) is 8.25. The SMILES string of the molecule is CC(C)(C)OC(=O)N1CCN(CCCNC(=O)CCc2cccc(F)c2)CC1. The van der Waals surface area contributed by atoms with E-state index in [-0.39, 0.29) is 17.8 Å². The third-order valence-corrected chi connectivity index (χ3v) is 4.53. The first-order chi connectivity index (χ1) is 13.2. The third-order valence-electron chi connectivity index (χ3n) is 4.53. The van der Waals surface area contributed by atoms with Crippen LogP contribution in [-0.4, -0.2) is 66.7 Å². The number of nitrogens with zero attached hydrogens (tertiary/aromatic N) is 2. The Labute approximate surface area is 167 Å². The van der Waals surface area contributed by atoms with Gasteiger partial charge in [-0.15, -0.1) is 0 Å². The van der Waals surface area contributed by atoms with E-state index in [1.54, 1.807) is 11.0 Å². The van der Waals surface area contributed by atoms with Crippen molar-refractivity contribution in [3.05, 3.63) is 35.6 Å². The largest absolute Gasteiger partial charge is 0.444 e. The van der Waals surface area contributed by atoms with Gasteiger partial charge in [-0.25, -0.2) is 9.18 Å². The zero-order valence-corrected chi connectivity index (χ0v) is 17.2. The van der Waals surface area contributed by atoms with Crippen LogP contribution in [0.5, 0.6) is 0 Å². The van der Waals surface area contributed by atoms with Crippen LogP contribution in [-0.2, 0) is 16.0 Å². The lowest BCUT2D eigenvalue weighted by Gasteiger charge is -2.35. The number of hydrogen-bond donors (Lipinski definition) is 1. The van der Waals surface area contributed by atoms with Gasteiger partial charge in [0.05, 0.1) is 0 Å². The second-order valence-corrected chi connectivity index (χ2v) is 8.14. The van der Waals surface area contributed by atoms with Gasteiger partial charge in [0.15, 0.2) is 0 Å². The highest BCUT2D eigenvalue weighted by molar-refractivity contribution is 5.76. The number of halogens is 1. The zero-order chi connectivity index (χ0) is 20.6. The van der Waals surface area contributed by atoms with Crippen molar-refractivity contribution in [2.75, 3.05) is 39.3 Å². The Hall–Kier alpha value is -2.15. The molecule has 1 saturated heterocycles. The van der Waals surface area contributed by atoms with Gasteiger partial charge in [-0.05, 0) is 57.9 Å². The van der Waals surface area contributed by atoms with Gasteiger partial charge in [0.25, 0.3) is 0 Å². The number of carbonyl (C=O) groups excluding carboxylic acids is 2. The van der Waals surface area contributed by atoms with Gasteiger partial charge < -0.3 is 15.0 Å². The van der Waals surface area contributed by atoms with Crippen molar-refractivity contribution in [3.8, 4) is 0 Å². The minimum Gasteiger partial charge on any atom is -0.444 e. The van der Waals surface area contributed by atoms with Crippen molar-refractivity contribution in [2.45, 2.75) is 45.6 Å². The van der Waals surface area contributed by atoms with Crippen LogP contribution < -0.4 is 5.32 Å². The van der Waals surface area contributed by atoms with Gasteiger partial charge in [-0.2, -0.15) is 0 Å². The Morgan fingerprint density at radius 2 is 1.89 bits per heavy atom. The van der Waals surface area contributed by atoms with Crippen molar-refractivity contribution in [3.63, 3.8) is 0 Å². The molecule has 1 aromatic carbocycles. The quantitative estimate of drug-likeness (QED) is 0.724. The second kappa shape index (κ2) is 10.4. The average molecular weight is 394 g/mol. The zero-order valence-electron chi connectivity index (χ0n) is 17.2. The number of rotatable bonds is 7. The molecule has 0 aromatic heterocycles. The molecule has 1 heterocycles. The van der Waals surface area contributed by atoms with E-state index in [1.807, 2.05) is 26.8 Å². The predicted octanol–water partition coefficient (Wildman–Crippen LogP) is 2.82. The fourth-order valence-corrected chi connectivity index (χ4v) is 3.05. The normalized spacial score (nSPS) is 15.4. The van der Waals surface area contributed by atoms with E-state index in [4.69, 9.17) is 4.74 Å². The molecule has 1 aliphatic heterocycles. The lowest BCUT2D eigenvalue weighted by molar-refractivity contribution is -0.121. The minimum atomic E-state index is -0.471. The number of carbonyl (C=O) groups is 2. The van der Waals surface area contributed by atoms with Crippen LogP contribution >= 0.6 is 0 Å². The molecule has 0 unspecified atom stereocenters. The van der Waals surface area contributed by atoms with E-state index in [0.717, 1.165) is 31.6 Å². The number of piperazine rings is 1. The maximum Gasteiger partial charge on any atom is 0.410 e. The summed E-state index contributed by atoms with van der Waals surface area (Å²) in [6, 6.07) is 6.35. The second-order valence-electron chi connectivity index (χ2n) is 8.14. The van der Waals surface area contributed by atoms with E-state index in [1.165, 1.54) is 12.1 Å². The Morgan fingerprint density at radius 3 is 2.54 bits per heavy atom. The fraction of sp³-hybridized carbons (Fsp3) is 0.619. The summed E-state index contributed by atoms with van der Waals surface area (Å²) in [6.45, 7) is 10.1. The van der Waals surface area contributed by atoms with E-state index in [2.05, 4.69) is 10.2 Å². The highest BCUT2D eigenvalue weighted by atomic mass is 19.1. The van der Waals surface area contributed by atoms with Crippen LogP contribution in [0.4, 0.5) is 9.18 Å². The van der Waals surface area contributed by atoms with Crippen LogP contribution in [0.15, 0.2) is 24.3 Å². The lowest BCUT2D eigenvalue weighted by Crippen LogP contribution is -2.50. The number of ether oxygens (including phenoxy) is 1. The first-order valence-electron chi connectivity index (χ1n) is 9.94. The van der Waals surface area contributed by atoms with E-state index < -0.39 is 5.60 Å². The highest BCUT2D eigenvalue weighted by Gasteiger charge is 2.25. The molecule has 7 heteroatoms. The summed E-state index contributed by atoms with van der Waals surface area (Å²) >= 11 is 0. The summed E-state index contributed by atoms with van der Waals surface area (Å²) in [7, 11) is 0. The Morgan fingerprint density at radius 1 is 1.18 bits per heavy atom. The molecule has 2 amide bonds. The molecule has 156 valence electrons. The topological polar surface area (TPSA) is 61.9 Å². The molecule has 28 heavy (non-hydrogen) atoms. The first kappa shape index (κ1) is 22.1. The van der Waals surface area contributed by atoms with Crippen LogP contribution in [0, 0.1) is 5.82 Å². The molecular formula is C21H32FN3O3. The van der Waals surface area contributed by atoms with E-state index >= 15 is 0 Å². The van der Waals surface area contributed by atoms with Crippen molar-refractivity contribution in [1.82, 2.24) is 15.1 Å². The van der Waals surface area contributed by atoms with Crippen molar-refractivity contribution in [1.29, 1.82) is 0 Å². The van der Waals surface area contributed by atoms with Crippen LogP contribution in [0.2, 0.25) is 0 Å². The molecule has 0 saturated carbocycles. The molecule has 0 radical (unpaired) electrons. The van der Waals surface area contributed by atoms with Crippen molar-refractivity contribution >= 4 is 12.0 Å². The molecule has 6 nitrogen and oxygen atoms in total. The molecule has 1 N–H and O–H groups in total. The highest BCUT2D eigenvalue weighted by Crippen LogP contribution is 2.12. The van der Waals surface area contributed by atoms with Crippen molar-refractivity contribution < 1.29 is 18.7 Å². The molecule has 1 fully saturated rings. The van der Waals surface area contributed by atoms with Crippen LogP contribution in [0.25, 0.3) is 0 Å².